The predicted octanol–water partition coefficient (Wildman–Crippen LogP) is -0.0706. The number of aromatic nitrogens is 2. The molecule has 1 unspecified atom stereocenters. The normalized spacial score (nSPS) is 12.9. The van der Waals surface area contributed by atoms with E-state index in [-0.39, 0.29) is 11.9 Å². The Morgan fingerprint density at radius 2 is 2.50 bits per heavy atom. The van der Waals surface area contributed by atoms with Crippen molar-refractivity contribution in [3.63, 3.8) is 0 Å². The Morgan fingerprint density at radius 3 is 2.90 bits per heavy atom. The molecule has 10 heavy (non-hydrogen) atoms. The molecule has 0 aliphatic heterocycles. The summed E-state index contributed by atoms with van der Waals surface area (Å²) in [4.78, 5) is 14.4. The van der Waals surface area contributed by atoms with Gasteiger partial charge in [-0.1, -0.05) is 0 Å². The minimum atomic E-state index is -0.349. The number of hydrogen-bond acceptors (Lipinski definition) is 2. The van der Waals surface area contributed by atoms with E-state index in [1.54, 1.807) is 30.2 Å². The van der Waals surface area contributed by atoms with Crippen molar-refractivity contribution in [2.24, 2.45) is 5.73 Å². The van der Waals surface area contributed by atoms with E-state index in [9.17, 15) is 4.79 Å². The van der Waals surface area contributed by atoms with Crippen molar-refractivity contribution in [2.75, 3.05) is 0 Å². The van der Waals surface area contributed by atoms with Gasteiger partial charge in [-0.3, -0.25) is 4.79 Å². The second-order valence-electron chi connectivity index (χ2n) is 2.09. The van der Waals surface area contributed by atoms with Gasteiger partial charge in [-0.2, -0.15) is 0 Å². The number of carbonyl (C=O) groups excluding carboxylic acids is 1. The zero-order valence-corrected chi connectivity index (χ0v) is 5.69. The second kappa shape index (κ2) is 2.51. The fourth-order valence-electron chi connectivity index (χ4n) is 0.645. The summed E-state index contributed by atoms with van der Waals surface area (Å²) in [5, 5.41) is 0. The monoisotopic (exact) mass is 139 g/mol. The van der Waals surface area contributed by atoms with Crippen LogP contribution in [0.15, 0.2) is 18.7 Å². The van der Waals surface area contributed by atoms with Crippen LogP contribution in [-0.2, 0) is 4.79 Å². The van der Waals surface area contributed by atoms with E-state index >= 15 is 0 Å². The van der Waals surface area contributed by atoms with Gasteiger partial charge in [0, 0.05) is 12.4 Å². The van der Waals surface area contributed by atoms with Gasteiger partial charge in [0.1, 0.15) is 6.04 Å². The smallest absolute Gasteiger partial charge is 0.240 e. The SMILES string of the molecule is CC(C(N)=O)n1ccnc1. The number of hydrogen-bond donors (Lipinski definition) is 1. The van der Waals surface area contributed by atoms with Gasteiger partial charge in [0.2, 0.25) is 5.91 Å². The number of nitrogens with zero attached hydrogens (tertiary/aromatic N) is 2. The van der Waals surface area contributed by atoms with Crippen LogP contribution < -0.4 is 5.73 Å². The van der Waals surface area contributed by atoms with Crippen molar-refractivity contribution in [1.82, 2.24) is 9.55 Å². The molecule has 0 aliphatic carbocycles. The molecular formula is C6H9N3O. The lowest BCUT2D eigenvalue weighted by atomic mass is 10.3. The molecule has 0 saturated carbocycles. The van der Waals surface area contributed by atoms with Crippen molar-refractivity contribution in [2.45, 2.75) is 13.0 Å². The van der Waals surface area contributed by atoms with E-state index in [1.165, 1.54) is 0 Å². The molecule has 0 fully saturated rings. The van der Waals surface area contributed by atoms with E-state index in [4.69, 9.17) is 5.73 Å². The molecule has 0 aliphatic rings. The minimum absolute atomic E-state index is 0.303. The van der Waals surface area contributed by atoms with Crippen molar-refractivity contribution < 1.29 is 4.79 Å². The molecule has 0 saturated heterocycles. The Morgan fingerprint density at radius 1 is 1.80 bits per heavy atom. The summed E-state index contributed by atoms with van der Waals surface area (Å²) < 4.78 is 1.66. The van der Waals surface area contributed by atoms with Gasteiger partial charge in [0.15, 0.2) is 0 Å². The zero-order chi connectivity index (χ0) is 7.56. The maximum Gasteiger partial charge on any atom is 0.240 e. The van der Waals surface area contributed by atoms with E-state index < -0.39 is 0 Å². The van der Waals surface area contributed by atoms with Crippen molar-refractivity contribution in [1.29, 1.82) is 0 Å². The van der Waals surface area contributed by atoms with Crippen LogP contribution in [0.5, 0.6) is 0 Å². The number of primary amides is 1. The van der Waals surface area contributed by atoms with Gasteiger partial charge in [-0.25, -0.2) is 4.98 Å². The summed E-state index contributed by atoms with van der Waals surface area (Å²) in [6, 6.07) is -0.303. The van der Waals surface area contributed by atoms with Crippen LogP contribution in [0.2, 0.25) is 0 Å². The average Bonchev–Trinajstić information content (AvgIpc) is 2.36. The van der Waals surface area contributed by atoms with Crippen LogP contribution in [0.1, 0.15) is 13.0 Å². The van der Waals surface area contributed by atoms with Crippen molar-refractivity contribution >= 4 is 5.91 Å². The third-order valence-electron chi connectivity index (χ3n) is 1.38. The number of imidazole rings is 1. The first-order valence-corrected chi connectivity index (χ1v) is 2.98. The first-order chi connectivity index (χ1) is 4.72. The summed E-state index contributed by atoms with van der Waals surface area (Å²) in [5.74, 6) is -0.349. The summed E-state index contributed by atoms with van der Waals surface area (Å²) in [6.07, 6.45) is 4.88. The molecule has 1 amide bonds. The van der Waals surface area contributed by atoms with E-state index in [0.29, 0.717) is 0 Å². The third kappa shape index (κ3) is 1.15. The average molecular weight is 139 g/mol. The van der Waals surface area contributed by atoms with Crippen molar-refractivity contribution in [3.8, 4) is 0 Å². The van der Waals surface area contributed by atoms with Crippen LogP contribution in [0.4, 0.5) is 0 Å². The summed E-state index contributed by atoms with van der Waals surface area (Å²) in [5.41, 5.74) is 5.04. The highest BCUT2D eigenvalue weighted by atomic mass is 16.1. The molecule has 2 N–H and O–H groups in total. The Hall–Kier alpha value is -1.32. The molecule has 1 heterocycles. The minimum Gasteiger partial charge on any atom is -0.368 e. The summed E-state index contributed by atoms with van der Waals surface area (Å²) in [7, 11) is 0. The highest BCUT2D eigenvalue weighted by Gasteiger charge is 2.08. The lowest BCUT2D eigenvalue weighted by Gasteiger charge is -2.06. The topological polar surface area (TPSA) is 60.9 Å². The summed E-state index contributed by atoms with van der Waals surface area (Å²) in [6.45, 7) is 1.73. The molecule has 1 aromatic heterocycles. The largest absolute Gasteiger partial charge is 0.368 e. The first kappa shape index (κ1) is 6.80. The number of carbonyl (C=O) groups is 1. The van der Waals surface area contributed by atoms with Crippen LogP contribution in [-0.4, -0.2) is 15.5 Å². The van der Waals surface area contributed by atoms with Gasteiger partial charge in [-0.05, 0) is 6.92 Å². The van der Waals surface area contributed by atoms with Crippen LogP contribution >= 0.6 is 0 Å². The van der Waals surface area contributed by atoms with Gasteiger partial charge in [-0.15, -0.1) is 0 Å². The van der Waals surface area contributed by atoms with Gasteiger partial charge < -0.3 is 10.3 Å². The highest BCUT2D eigenvalue weighted by molar-refractivity contribution is 5.77. The van der Waals surface area contributed by atoms with E-state index in [2.05, 4.69) is 4.98 Å². The predicted molar refractivity (Wildman–Crippen MR) is 36.1 cm³/mol. The van der Waals surface area contributed by atoms with Crippen LogP contribution in [0.3, 0.4) is 0 Å². The highest BCUT2D eigenvalue weighted by Crippen LogP contribution is 2.01. The summed E-state index contributed by atoms with van der Waals surface area (Å²) >= 11 is 0. The Kier molecular flexibility index (Phi) is 1.71. The molecule has 1 atom stereocenters. The molecule has 1 rings (SSSR count). The zero-order valence-electron chi connectivity index (χ0n) is 5.69. The molecule has 1 aromatic rings. The number of amides is 1. The molecule has 0 bridgehead atoms. The number of nitrogens with two attached hydrogens (primary N) is 1. The Bertz CT molecular complexity index is 217. The quantitative estimate of drug-likeness (QED) is 0.623. The van der Waals surface area contributed by atoms with Crippen molar-refractivity contribution in [3.05, 3.63) is 18.7 Å². The maximum absolute atomic E-state index is 10.6. The maximum atomic E-state index is 10.6. The second-order valence-corrected chi connectivity index (χ2v) is 2.09. The molecule has 0 radical (unpaired) electrons. The standard InChI is InChI=1S/C6H9N3O/c1-5(6(7)10)9-3-2-8-4-9/h2-5H,1H3,(H2,7,10). The van der Waals surface area contributed by atoms with Gasteiger partial charge in [0.25, 0.3) is 0 Å². The van der Waals surface area contributed by atoms with E-state index in [1.807, 2.05) is 0 Å². The third-order valence-corrected chi connectivity index (χ3v) is 1.38. The lowest BCUT2D eigenvalue weighted by molar-refractivity contribution is -0.120. The molecule has 0 aromatic carbocycles. The first-order valence-electron chi connectivity index (χ1n) is 2.98. The fourth-order valence-corrected chi connectivity index (χ4v) is 0.645. The molecule has 4 heteroatoms. The Labute approximate surface area is 58.7 Å². The molecular weight excluding hydrogens is 130 g/mol. The number of rotatable bonds is 2. The van der Waals surface area contributed by atoms with Gasteiger partial charge >= 0.3 is 0 Å². The van der Waals surface area contributed by atoms with E-state index in [0.717, 1.165) is 0 Å². The fraction of sp³-hybridized carbons (Fsp3) is 0.333. The van der Waals surface area contributed by atoms with Gasteiger partial charge in [0.05, 0.1) is 6.33 Å². The molecule has 4 nitrogen and oxygen atoms in total. The van der Waals surface area contributed by atoms with Crippen LogP contribution in [0, 0.1) is 0 Å². The lowest BCUT2D eigenvalue weighted by Crippen LogP contribution is -2.22. The molecule has 0 spiro atoms. The molecule has 54 valence electrons. The Balaban J connectivity index is 2.77. The van der Waals surface area contributed by atoms with Crippen LogP contribution in [0.25, 0.3) is 0 Å².